The maximum atomic E-state index is 11.0. The number of carboxylic acid groups (broad SMARTS) is 1. The molecule has 0 radical (unpaired) electrons. The normalized spacial score (nSPS) is 11.2. The van der Waals surface area contributed by atoms with Crippen LogP contribution in [-0.4, -0.2) is 32.3 Å². The maximum Gasteiger partial charge on any atom is 0.374 e. The summed E-state index contributed by atoms with van der Waals surface area (Å²) in [6.45, 7) is 2.51. The highest BCUT2D eigenvalue weighted by molar-refractivity contribution is 7.23. The summed E-state index contributed by atoms with van der Waals surface area (Å²) in [7, 11) is 0. The van der Waals surface area contributed by atoms with Gasteiger partial charge >= 0.3 is 5.97 Å². The highest BCUT2D eigenvalue weighted by atomic mass is 32.1. The number of rotatable bonds is 3. The molecule has 18 heavy (non-hydrogen) atoms. The maximum absolute atomic E-state index is 11.0. The van der Waals surface area contributed by atoms with Crippen molar-refractivity contribution in [2.45, 2.75) is 6.92 Å². The van der Waals surface area contributed by atoms with Gasteiger partial charge in [0.1, 0.15) is 5.75 Å². The van der Waals surface area contributed by atoms with Crippen molar-refractivity contribution >= 4 is 32.5 Å². The van der Waals surface area contributed by atoms with Crippen LogP contribution in [0.1, 0.15) is 17.5 Å². The number of benzene rings is 1. The summed E-state index contributed by atoms with van der Waals surface area (Å²) in [6.07, 6.45) is 0. The van der Waals surface area contributed by atoms with Gasteiger partial charge in [-0.05, 0) is 25.1 Å². The number of aromatic carboxylic acids is 1. The molecule has 2 aromatic heterocycles. The molecule has 2 heterocycles. The van der Waals surface area contributed by atoms with Crippen LogP contribution in [0.25, 0.3) is 15.2 Å². The SMILES string of the molecule is CCOc1ccc2c(c1)sc1nnc(C(=O)O)n12. The first-order chi connectivity index (χ1) is 8.70. The predicted octanol–water partition coefficient (Wildman–Crippen LogP) is 2.04. The molecular formula is C11H9N3O3S. The molecule has 0 spiro atoms. The van der Waals surface area contributed by atoms with Crippen LogP contribution >= 0.6 is 11.3 Å². The smallest absolute Gasteiger partial charge is 0.374 e. The number of carboxylic acids is 1. The van der Waals surface area contributed by atoms with E-state index in [1.54, 1.807) is 0 Å². The minimum Gasteiger partial charge on any atom is -0.494 e. The second-order valence-corrected chi connectivity index (χ2v) is 4.62. The third-order valence-corrected chi connectivity index (χ3v) is 3.50. The summed E-state index contributed by atoms with van der Waals surface area (Å²) in [6, 6.07) is 5.51. The lowest BCUT2D eigenvalue weighted by Gasteiger charge is -2.01. The Bertz CT molecular complexity index is 746. The van der Waals surface area contributed by atoms with Gasteiger partial charge in [0.25, 0.3) is 0 Å². The van der Waals surface area contributed by atoms with Crippen molar-refractivity contribution in [3.63, 3.8) is 0 Å². The number of fused-ring (bicyclic) bond motifs is 3. The first kappa shape index (κ1) is 11.0. The van der Waals surface area contributed by atoms with Crippen LogP contribution in [0, 0.1) is 0 Å². The van der Waals surface area contributed by atoms with E-state index in [4.69, 9.17) is 9.84 Å². The van der Waals surface area contributed by atoms with Crippen molar-refractivity contribution in [2.24, 2.45) is 0 Å². The molecule has 1 N–H and O–H groups in total. The number of thiazole rings is 1. The Kier molecular flexibility index (Phi) is 2.41. The van der Waals surface area contributed by atoms with Gasteiger partial charge in [-0.25, -0.2) is 4.79 Å². The molecule has 0 bridgehead atoms. The van der Waals surface area contributed by atoms with Crippen LogP contribution in [0.3, 0.4) is 0 Å². The average molecular weight is 263 g/mol. The third kappa shape index (κ3) is 1.52. The average Bonchev–Trinajstić information content (AvgIpc) is 2.86. The Morgan fingerprint density at radius 1 is 1.50 bits per heavy atom. The molecular weight excluding hydrogens is 254 g/mol. The van der Waals surface area contributed by atoms with Crippen LogP contribution in [-0.2, 0) is 0 Å². The van der Waals surface area contributed by atoms with Crippen molar-refractivity contribution in [2.75, 3.05) is 6.61 Å². The zero-order chi connectivity index (χ0) is 12.7. The Morgan fingerprint density at radius 3 is 3.06 bits per heavy atom. The van der Waals surface area contributed by atoms with Crippen molar-refractivity contribution in [1.29, 1.82) is 0 Å². The standard InChI is InChI=1S/C11H9N3O3S/c1-2-17-6-3-4-7-8(5-6)18-11-13-12-9(10(15)16)14(7)11/h3-5H,2H2,1H3,(H,15,16). The second kappa shape index (κ2) is 3.95. The van der Waals surface area contributed by atoms with E-state index in [0.717, 1.165) is 16.0 Å². The lowest BCUT2D eigenvalue weighted by Crippen LogP contribution is -2.02. The molecule has 0 saturated heterocycles. The molecule has 0 amide bonds. The van der Waals surface area contributed by atoms with Gasteiger partial charge in [0.2, 0.25) is 10.8 Å². The number of ether oxygens (including phenoxy) is 1. The molecule has 3 aromatic rings. The molecule has 0 saturated carbocycles. The van der Waals surface area contributed by atoms with E-state index in [2.05, 4.69) is 10.2 Å². The molecule has 1 aromatic carbocycles. The van der Waals surface area contributed by atoms with E-state index in [1.807, 2.05) is 25.1 Å². The first-order valence-electron chi connectivity index (χ1n) is 5.34. The van der Waals surface area contributed by atoms with E-state index in [0.29, 0.717) is 11.6 Å². The van der Waals surface area contributed by atoms with Gasteiger partial charge in [-0.2, -0.15) is 0 Å². The Labute approximate surface area is 105 Å². The van der Waals surface area contributed by atoms with Gasteiger partial charge in [-0.1, -0.05) is 11.3 Å². The largest absolute Gasteiger partial charge is 0.494 e. The molecule has 0 aliphatic heterocycles. The van der Waals surface area contributed by atoms with Gasteiger partial charge in [0, 0.05) is 0 Å². The molecule has 0 aliphatic carbocycles. The van der Waals surface area contributed by atoms with Gasteiger partial charge in [-0.15, -0.1) is 10.2 Å². The summed E-state index contributed by atoms with van der Waals surface area (Å²) in [5, 5.41) is 16.6. The summed E-state index contributed by atoms with van der Waals surface area (Å²) < 4.78 is 7.87. The molecule has 0 atom stereocenters. The number of aromatic nitrogens is 3. The fraction of sp³-hybridized carbons (Fsp3) is 0.182. The van der Waals surface area contributed by atoms with Gasteiger partial charge < -0.3 is 9.84 Å². The Morgan fingerprint density at radius 2 is 2.33 bits per heavy atom. The monoisotopic (exact) mass is 263 g/mol. The van der Waals surface area contributed by atoms with Crippen molar-refractivity contribution < 1.29 is 14.6 Å². The molecule has 0 unspecified atom stereocenters. The predicted molar refractivity (Wildman–Crippen MR) is 66.5 cm³/mol. The fourth-order valence-corrected chi connectivity index (χ4v) is 2.80. The minimum absolute atomic E-state index is 0.0691. The van der Waals surface area contributed by atoms with Crippen LogP contribution in [0.5, 0.6) is 5.75 Å². The Hall–Kier alpha value is -2.15. The van der Waals surface area contributed by atoms with Crippen LogP contribution in [0.15, 0.2) is 18.2 Å². The lowest BCUT2D eigenvalue weighted by atomic mass is 10.3. The summed E-state index contributed by atoms with van der Waals surface area (Å²) in [5.41, 5.74) is 0.779. The number of hydrogen-bond donors (Lipinski definition) is 1. The topological polar surface area (TPSA) is 76.7 Å². The zero-order valence-electron chi connectivity index (χ0n) is 9.45. The van der Waals surface area contributed by atoms with Gasteiger partial charge in [0.15, 0.2) is 0 Å². The summed E-state index contributed by atoms with van der Waals surface area (Å²) >= 11 is 1.39. The van der Waals surface area contributed by atoms with Crippen molar-refractivity contribution in [3.8, 4) is 5.75 Å². The summed E-state index contributed by atoms with van der Waals surface area (Å²) in [4.78, 5) is 11.6. The first-order valence-corrected chi connectivity index (χ1v) is 6.16. The molecule has 6 nitrogen and oxygen atoms in total. The number of carbonyl (C=O) groups is 1. The van der Waals surface area contributed by atoms with Crippen LogP contribution in [0.4, 0.5) is 0 Å². The van der Waals surface area contributed by atoms with E-state index in [-0.39, 0.29) is 5.82 Å². The summed E-state index contributed by atoms with van der Waals surface area (Å²) in [5.74, 6) is -0.393. The second-order valence-electron chi connectivity index (χ2n) is 3.61. The lowest BCUT2D eigenvalue weighted by molar-refractivity contribution is 0.0682. The zero-order valence-corrected chi connectivity index (χ0v) is 10.3. The molecule has 0 fully saturated rings. The highest BCUT2D eigenvalue weighted by Gasteiger charge is 2.17. The van der Waals surface area contributed by atoms with Crippen molar-refractivity contribution in [3.05, 3.63) is 24.0 Å². The van der Waals surface area contributed by atoms with Crippen LogP contribution < -0.4 is 4.74 Å². The molecule has 92 valence electrons. The number of nitrogens with zero attached hydrogens (tertiary/aromatic N) is 3. The molecule has 0 aliphatic rings. The van der Waals surface area contributed by atoms with Crippen LogP contribution in [0.2, 0.25) is 0 Å². The minimum atomic E-state index is -1.09. The van der Waals surface area contributed by atoms with Gasteiger partial charge in [0.05, 0.1) is 16.8 Å². The highest BCUT2D eigenvalue weighted by Crippen LogP contribution is 2.29. The fourth-order valence-electron chi connectivity index (χ4n) is 1.81. The van der Waals surface area contributed by atoms with E-state index in [1.165, 1.54) is 15.7 Å². The van der Waals surface area contributed by atoms with Crippen molar-refractivity contribution in [1.82, 2.24) is 14.6 Å². The molecule has 3 rings (SSSR count). The van der Waals surface area contributed by atoms with E-state index in [9.17, 15) is 4.79 Å². The van der Waals surface area contributed by atoms with Gasteiger partial charge in [-0.3, -0.25) is 4.40 Å². The van der Waals surface area contributed by atoms with E-state index < -0.39 is 5.97 Å². The quantitative estimate of drug-likeness (QED) is 0.782. The third-order valence-electron chi connectivity index (χ3n) is 2.51. The number of hydrogen-bond acceptors (Lipinski definition) is 5. The molecule has 7 heteroatoms. The Balaban J connectivity index is 2.28. The van der Waals surface area contributed by atoms with E-state index >= 15 is 0 Å².